The number of alkyl halides is 3. The molecule has 4 rings (SSSR count). The lowest BCUT2D eigenvalue weighted by Crippen LogP contribution is -2.50. The van der Waals surface area contributed by atoms with E-state index in [2.05, 4.69) is 49.2 Å². The Kier molecular flexibility index (Phi) is 8.73. The number of aliphatic imine (C=N–C) groups is 3. The molecule has 1 saturated heterocycles. The second-order valence-corrected chi connectivity index (χ2v) is 9.09. The van der Waals surface area contributed by atoms with Crippen molar-refractivity contribution < 1.29 is 22.7 Å². The molecule has 2 heterocycles. The number of amides is 1. The van der Waals surface area contributed by atoms with E-state index in [9.17, 15) is 18.0 Å². The van der Waals surface area contributed by atoms with E-state index < -0.39 is 17.8 Å². The number of halogens is 3. The molecule has 1 amide bonds. The number of carbonyl (C=O) groups excluding carboxylic acids is 1. The maximum absolute atomic E-state index is 13.8. The molecule has 0 radical (unpaired) electrons. The second-order valence-electron chi connectivity index (χ2n) is 9.09. The molecule has 0 bridgehead atoms. The molecule has 0 atom stereocenters. The standard InChI is InChI=1S/C27H31F3N8O2/c1-31-16-21-25(38(20-7-5-6-18(14-20)32-2)26(39)24(35-21)27(28,29)30)34-17-33-19-8-9-22(23(15-19)40-4)37-12-10-36(3)11-13-37/h5-9,14-16,32-33H,1,10-13,17H2,2-4H3/b21-16+,34-25+. The molecule has 2 aliphatic rings. The number of methoxy groups -OCH3 is 1. The van der Waals surface area contributed by atoms with Gasteiger partial charge >= 0.3 is 6.18 Å². The van der Waals surface area contributed by atoms with E-state index >= 15 is 0 Å². The lowest BCUT2D eigenvalue weighted by molar-refractivity contribution is -0.116. The van der Waals surface area contributed by atoms with Gasteiger partial charge in [0.2, 0.25) is 5.71 Å². The molecule has 0 aromatic heterocycles. The van der Waals surface area contributed by atoms with Crippen molar-refractivity contribution in [1.82, 2.24) is 4.90 Å². The summed E-state index contributed by atoms with van der Waals surface area (Å²) < 4.78 is 46.9. The number of likely N-dealkylation sites (N-methyl/N-ethyl adjacent to an activating group) is 1. The molecule has 0 aliphatic carbocycles. The number of hydrogen-bond acceptors (Lipinski definition) is 9. The Morgan fingerprint density at radius 2 is 1.88 bits per heavy atom. The Balaban J connectivity index is 1.65. The van der Waals surface area contributed by atoms with E-state index in [0.29, 0.717) is 17.1 Å². The SMILES string of the molecule is C=N/C=C1/N=C(C(F)(F)F)C(=O)N(c2cccc(NC)c2)/C1=N/CNc1ccc(N2CCN(C)CC2)c(OC)c1. The zero-order chi connectivity index (χ0) is 28.9. The molecule has 0 spiro atoms. The average molecular weight is 557 g/mol. The minimum absolute atomic E-state index is 0.0762. The van der Waals surface area contributed by atoms with E-state index in [1.165, 1.54) is 6.07 Å². The number of nitrogens with zero attached hydrogens (tertiary/aromatic N) is 6. The summed E-state index contributed by atoms with van der Waals surface area (Å²) in [5.41, 5.74) is 0.600. The van der Waals surface area contributed by atoms with Gasteiger partial charge in [-0.2, -0.15) is 13.2 Å². The van der Waals surface area contributed by atoms with Gasteiger partial charge in [0.1, 0.15) is 18.1 Å². The zero-order valence-electron chi connectivity index (χ0n) is 22.5. The molecule has 10 nitrogen and oxygen atoms in total. The van der Waals surface area contributed by atoms with Crippen molar-refractivity contribution in [2.75, 3.05) is 74.5 Å². The third-order valence-electron chi connectivity index (χ3n) is 6.49. The third kappa shape index (κ3) is 6.25. The van der Waals surface area contributed by atoms with Gasteiger partial charge in [0.25, 0.3) is 5.91 Å². The fourth-order valence-corrected chi connectivity index (χ4v) is 4.39. The summed E-state index contributed by atoms with van der Waals surface area (Å²) in [4.78, 5) is 30.1. The highest BCUT2D eigenvalue weighted by atomic mass is 19.4. The van der Waals surface area contributed by atoms with Crippen LogP contribution in [0.2, 0.25) is 0 Å². The van der Waals surface area contributed by atoms with Crippen LogP contribution in [-0.4, -0.2) is 89.3 Å². The number of benzene rings is 2. The van der Waals surface area contributed by atoms with Crippen LogP contribution in [0.3, 0.4) is 0 Å². The second kappa shape index (κ2) is 12.2. The highest BCUT2D eigenvalue weighted by molar-refractivity contribution is 6.53. The molecule has 40 heavy (non-hydrogen) atoms. The summed E-state index contributed by atoms with van der Waals surface area (Å²) in [6.07, 6.45) is -3.94. The first-order valence-corrected chi connectivity index (χ1v) is 12.5. The number of rotatable bonds is 8. The normalized spacial score (nSPS) is 18.6. The van der Waals surface area contributed by atoms with E-state index in [0.717, 1.165) is 43.0 Å². The van der Waals surface area contributed by atoms with Crippen molar-refractivity contribution >= 4 is 46.9 Å². The number of carbonyl (C=O) groups is 1. The van der Waals surface area contributed by atoms with Gasteiger partial charge in [0.05, 0.1) is 24.7 Å². The molecule has 2 aliphatic heterocycles. The molecular formula is C27H31F3N8O2. The smallest absolute Gasteiger partial charge is 0.438 e. The Hall–Kier alpha value is -4.39. The van der Waals surface area contributed by atoms with Crippen LogP contribution in [0.15, 0.2) is 69.3 Å². The first-order valence-electron chi connectivity index (χ1n) is 12.5. The molecular weight excluding hydrogens is 525 g/mol. The molecule has 0 saturated carbocycles. The van der Waals surface area contributed by atoms with Crippen LogP contribution in [-0.2, 0) is 4.79 Å². The summed E-state index contributed by atoms with van der Waals surface area (Å²) in [5, 5.41) is 6.04. The Labute approximate surface area is 230 Å². The predicted octanol–water partition coefficient (Wildman–Crippen LogP) is 3.85. The summed E-state index contributed by atoms with van der Waals surface area (Å²) in [7, 11) is 5.34. The van der Waals surface area contributed by atoms with Gasteiger partial charge in [0.15, 0.2) is 5.84 Å². The largest absolute Gasteiger partial charge is 0.495 e. The molecule has 2 N–H and O–H groups in total. The molecule has 13 heteroatoms. The molecule has 212 valence electrons. The van der Waals surface area contributed by atoms with Gasteiger partial charge in [-0.3, -0.25) is 14.7 Å². The van der Waals surface area contributed by atoms with Crippen LogP contribution in [0.1, 0.15) is 0 Å². The number of ether oxygens (including phenoxy) is 1. The quantitative estimate of drug-likeness (QED) is 0.480. The fraction of sp³-hybridized carbons (Fsp3) is 0.333. The summed E-state index contributed by atoms with van der Waals surface area (Å²) >= 11 is 0. The van der Waals surface area contributed by atoms with Crippen molar-refractivity contribution in [2.45, 2.75) is 6.18 Å². The minimum Gasteiger partial charge on any atom is -0.495 e. The zero-order valence-corrected chi connectivity index (χ0v) is 22.5. The van der Waals surface area contributed by atoms with Crippen LogP contribution in [0.25, 0.3) is 0 Å². The summed E-state index contributed by atoms with van der Waals surface area (Å²) in [6.45, 7) is 6.90. The number of piperazine rings is 1. The number of nitrogens with one attached hydrogen (secondary N) is 2. The van der Waals surface area contributed by atoms with E-state index in [1.807, 2.05) is 18.2 Å². The van der Waals surface area contributed by atoms with Crippen molar-refractivity contribution in [2.24, 2.45) is 15.0 Å². The van der Waals surface area contributed by atoms with Gasteiger partial charge < -0.3 is 25.2 Å². The van der Waals surface area contributed by atoms with Crippen LogP contribution in [0.4, 0.5) is 35.9 Å². The van der Waals surface area contributed by atoms with Gasteiger partial charge in [-0.25, -0.2) is 9.98 Å². The molecule has 0 unspecified atom stereocenters. The monoisotopic (exact) mass is 556 g/mol. The van der Waals surface area contributed by atoms with E-state index in [4.69, 9.17) is 4.74 Å². The summed E-state index contributed by atoms with van der Waals surface area (Å²) in [6, 6.07) is 12.0. The van der Waals surface area contributed by atoms with E-state index in [1.54, 1.807) is 32.4 Å². The lowest BCUT2D eigenvalue weighted by atomic mass is 10.1. The van der Waals surface area contributed by atoms with Crippen molar-refractivity contribution in [3.05, 3.63) is 54.4 Å². The topological polar surface area (TPSA) is 97.2 Å². The molecule has 2 aromatic carbocycles. The van der Waals surface area contributed by atoms with Crippen LogP contribution in [0.5, 0.6) is 5.75 Å². The van der Waals surface area contributed by atoms with E-state index in [-0.39, 0.29) is 23.9 Å². The average Bonchev–Trinajstić information content (AvgIpc) is 2.94. The fourth-order valence-electron chi connectivity index (χ4n) is 4.39. The number of anilines is 4. The van der Waals surface area contributed by atoms with Crippen LogP contribution < -0.4 is 25.2 Å². The van der Waals surface area contributed by atoms with Crippen molar-refractivity contribution in [3.63, 3.8) is 0 Å². The third-order valence-corrected chi connectivity index (χ3v) is 6.49. The Bertz CT molecular complexity index is 1350. The molecule has 2 aromatic rings. The number of amidine groups is 1. The van der Waals surface area contributed by atoms with Gasteiger partial charge in [-0.1, -0.05) is 6.07 Å². The first-order chi connectivity index (χ1) is 19.2. The predicted molar refractivity (Wildman–Crippen MR) is 153 cm³/mol. The maximum Gasteiger partial charge on any atom is 0.438 e. The molecule has 1 fully saturated rings. The lowest BCUT2D eigenvalue weighted by Gasteiger charge is -2.34. The van der Waals surface area contributed by atoms with Gasteiger partial charge in [-0.05, 0) is 44.1 Å². The van der Waals surface area contributed by atoms with Gasteiger partial charge in [-0.15, -0.1) is 0 Å². The maximum atomic E-state index is 13.8. The van der Waals surface area contributed by atoms with Crippen LogP contribution in [0, 0.1) is 0 Å². The highest BCUT2D eigenvalue weighted by Crippen LogP contribution is 2.33. The Morgan fingerprint density at radius 3 is 2.52 bits per heavy atom. The summed E-state index contributed by atoms with van der Waals surface area (Å²) in [5.74, 6) is -0.775. The number of hydrogen-bond donors (Lipinski definition) is 2. The Morgan fingerprint density at radius 1 is 1.12 bits per heavy atom. The van der Waals surface area contributed by atoms with Gasteiger partial charge in [0, 0.05) is 50.7 Å². The van der Waals surface area contributed by atoms with Crippen molar-refractivity contribution in [3.8, 4) is 5.75 Å². The first kappa shape index (κ1) is 28.6. The minimum atomic E-state index is -4.98. The van der Waals surface area contributed by atoms with Crippen molar-refractivity contribution in [1.29, 1.82) is 0 Å². The highest BCUT2D eigenvalue weighted by Gasteiger charge is 2.47. The van der Waals surface area contributed by atoms with Crippen LogP contribution >= 0.6 is 0 Å².